The van der Waals surface area contributed by atoms with Gasteiger partial charge in [-0.05, 0) is 37.5 Å². The van der Waals surface area contributed by atoms with Crippen molar-refractivity contribution in [1.29, 1.82) is 0 Å². The molecule has 1 saturated carbocycles. The van der Waals surface area contributed by atoms with E-state index in [-0.39, 0.29) is 5.91 Å². The van der Waals surface area contributed by atoms with E-state index < -0.39 is 0 Å². The molecule has 2 rings (SSSR count). The first kappa shape index (κ1) is 15.5. The Balaban J connectivity index is 2.07. The maximum absolute atomic E-state index is 12.7. The standard InChI is InChI=1S/C17H24N2O2/c1-3-19(16-7-5-4-6-8-16)17(20)15-11-9-14(10-12-15)13-18-21-2/h9-13,16H,3-8H2,1-2H3/b18-13+. The van der Waals surface area contributed by atoms with Crippen LogP contribution in [0.25, 0.3) is 0 Å². The fourth-order valence-corrected chi connectivity index (χ4v) is 2.95. The molecule has 0 radical (unpaired) electrons. The summed E-state index contributed by atoms with van der Waals surface area (Å²) in [6.45, 7) is 2.84. The van der Waals surface area contributed by atoms with Crippen LogP contribution in [0.1, 0.15) is 54.9 Å². The second-order valence-corrected chi connectivity index (χ2v) is 5.42. The number of carbonyl (C=O) groups is 1. The molecule has 0 heterocycles. The third-order valence-electron chi connectivity index (χ3n) is 4.08. The summed E-state index contributed by atoms with van der Waals surface area (Å²) >= 11 is 0. The second kappa shape index (κ2) is 7.81. The summed E-state index contributed by atoms with van der Waals surface area (Å²) in [6.07, 6.45) is 7.68. The van der Waals surface area contributed by atoms with E-state index in [0.717, 1.165) is 30.5 Å². The van der Waals surface area contributed by atoms with Crippen molar-refractivity contribution in [2.24, 2.45) is 5.16 Å². The Labute approximate surface area is 126 Å². The molecule has 1 fully saturated rings. The van der Waals surface area contributed by atoms with Crippen molar-refractivity contribution >= 4 is 12.1 Å². The van der Waals surface area contributed by atoms with Gasteiger partial charge in [-0.15, -0.1) is 0 Å². The van der Waals surface area contributed by atoms with Gasteiger partial charge in [0.15, 0.2) is 0 Å². The van der Waals surface area contributed by atoms with Gasteiger partial charge in [-0.25, -0.2) is 0 Å². The van der Waals surface area contributed by atoms with Crippen LogP contribution in [0.15, 0.2) is 29.4 Å². The first-order valence-electron chi connectivity index (χ1n) is 7.73. The number of amides is 1. The van der Waals surface area contributed by atoms with Crippen molar-refractivity contribution in [3.05, 3.63) is 35.4 Å². The monoisotopic (exact) mass is 288 g/mol. The predicted octanol–water partition coefficient (Wildman–Crippen LogP) is 3.46. The highest BCUT2D eigenvalue weighted by Gasteiger charge is 2.24. The fourth-order valence-electron chi connectivity index (χ4n) is 2.95. The Kier molecular flexibility index (Phi) is 5.78. The zero-order chi connectivity index (χ0) is 15.1. The minimum absolute atomic E-state index is 0.139. The zero-order valence-electron chi connectivity index (χ0n) is 12.9. The Morgan fingerprint density at radius 2 is 1.95 bits per heavy atom. The summed E-state index contributed by atoms with van der Waals surface area (Å²) in [5.74, 6) is 0.139. The largest absolute Gasteiger partial charge is 0.399 e. The van der Waals surface area contributed by atoms with Crippen molar-refractivity contribution in [2.45, 2.75) is 45.1 Å². The average molecular weight is 288 g/mol. The summed E-state index contributed by atoms with van der Waals surface area (Å²) in [5.41, 5.74) is 1.67. The van der Waals surface area contributed by atoms with Crippen LogP contribution < -0.4 is 0 Å². The number of carbonyl (C=O) groups excluding carboxylic acids is 1. The SMILES string of the molecule is CCN(C(=O)c1ccc(/C=N/OC)cc1)C1CCCCC1. The highest BCUT2D eigenvalue weighted by Crippen LogP contribution is 2.23. The van der Waals surface area contributed by atoms with Gasteiger partial charge in [-0.2, -0.15) is 0 Å². The third-order valence-corrected chi connectivity index (χ3v) is 4.08. The van der Waals surface area contributed by atoms with Gasteiger partial charge in [-0.3, -0.25) is 4.79 Å². The summed E-state index contributed by atoms with van der Waals surface area (Å²) < 4.78 is 0. The lowest BCUT2D eigenvalue weighted by atomic mass is 9.93. The van der Waals surface area contributed by atoms with Crippen LogP contribution in [-0.2, 0) is 4.84 Å². The fraction of sp³-hybridized carbons (Fsp3) is 0.529. The van der Waals surface area contributed by atoms with Crippen molar-refractivity contribution < 1.29 is 9.63 Å². The van der Waals surface area contributed by atoms with Crippen LogP contribution in [-0.4, -0.2) is 36.7 Å². The molecule has 1 aliphatic carbocycles. The Hall–Kier alpha value is -1.84. The molecule has 4 heteroatoms. The van der Waals surface area contributed by atoms with E-state index in [1.54, 1.807) is 6.21 Å². The molecule has 1 aliphatic rings. The average Bonchev–Trinajstić information content (AvgIpc) is 2.55. The topological polar surface area (TPSA) is 41.9 Å². The van der Waals surface area contributed by atoms with Crippen LogP contribution >= 0.6 is 0 Å². The van der Waals surface area contributed by atoms with Gasteiger partial charge in [0, 0.05) is 18.2 Å². The molecular formula is C17H24N2O2. The van der Waals surface area contributed by atoms with Crippen molar-refractivity contribution in [3.63, 3.8) is 0 Å². The molecule has 0 aliphatic heterocycles. The first-order chi connectivity index (χ1) is 10.3. The first-order valence-corrected chi connectivity index (χ1v) is 7.73. The molecule has 0 bridgehead atoms. The molecular weight excluding hydrogens is 264 g/mol. The van der Waals surface area contributed by atoms with Gasteiger partial charge >= 0.3 is 0 Å². The molecule has 1 aromatic rings. The van der Waals surface area contributed by atoms with Gasteiger partial charge in [0.25, 0.3) is 5.91 Å². The minimum atomic E-state index is 0.139. The zero-order valence-corrected chi connectivity index (χ0v) is 12.9. The molecule has 0 atom stereocenters. The van der Waals surface area contributed by atoms with Gasteiger partial charge in [0.1, 0.15) is 7.11 Å². The maximum atomic E-state index is 12.7. The van der Waals surface area contributed by atoms with E-state index in [4.69, 9.17) is 0 Å². The number of rotatable bonds is 5. The van der Waals surface area contributed by atoms with E-state index in [1.165, 1.54) is 26.4 Å². The van der Waals surface area contributed by atoms with E-state index in [0.29, 0.717) is 6.04 Å². The third kappa shape index (κ3) is 4.06. The van der Waals surface area contributed by atoms with Gasteiger partial charge in [0.05, 0.1) is 6.21 Å². The lowest BCUT2D eigenvalue weighted by molar-refractivity contribution is 0.0648. The number of hydrogen-bond donors (Lipinski definition) is 0. The number of nitrogens with zero attached hydrogens (tertiary/aromatic N) is 2. The molecule has 21 heavy (non-hydrogen) atoms. The highest BCUT2D eigenvalue weighted by molar-refractivity contribution is 5.95. The molecule has 0 spiro atoms. The number of benzene rings is 1. The Bertz CT molecular complexity index is 476. The molecule has 0 saturated heterocycles. The van der Waals surface area contributed by atoms with Gasteiger partial charge in [0.2, 0.25) is 0 Å². The van der Waals surface area contributed by atoms with Gasteiger partial charge in [-0.1, -0.05) is 36.6 Å². The lowest BCUT2D eigenvalue weighted by Crippen LogP contribution is -2.41. The smallest absolute Gasteiger partial charge is 0.254 e. The van der Waals surface area contributed by atoms with Crippen LogP contribution in [0, 0.1) is 0 Å². The molecule has 1 aromatic carbocycles. The minimum Gasteiger partial charge on any atom is -0.399 e. The van der Waals surface area contributed by atoms with E-state index in [9.17, 15) is 4.79 Å². The van der Waals surface area contributed by atoms with Crippen molar-refractivity contribution in [2.75, 3.05) is 13.7 Å². The molecule has 4 nitrogen and oxygen atoms in total. The summed E-state index contributed by atoms with van der Waals surface area (Å²) in [5, 5.41) is 3.72. The summed E-state index contributed by atoms with van der Waals surface area (Å²) in [4.78, 5) is 19.3. The Morgan fingerprint density at radius 3 is 2.52 bits per heavy atom. The number of hydrogen-bond acceptors (Lipinski definition) is 3. The van der Waals surface area contributed by atoms with E-state index in [2.05, 4.69) is 16.9 Å². The Morgan fingerprint density at radius 1 is 1.29 bits per heavy atom. The van der Waals surface area contributed by atoms with Gasteiger partial charge < -0.3 is 9.74 Å². The molecule has 0 aromatic heterocycles. The van der Waals surface area contributed by atoms with E-state index >= 15 is 0 Å². The molecule has 0 N–H and O–H groups in total. The maximum Gasteiger partial charge on any atom is 0.254 e. The number of oxime groups is 1. The lowest BCUT2D eigenvalue weighted by Gasteiger charge is -2.33. The van der Waals surface area contributed by atoms with Crippen molar-refractivity contribution in [3.8, 4) is 0 Å². The summed E-state index contributed by atoms with van der Waals surface area (Å²) in [7, 11) is 1.51. The second-order valence-electron chi connectivity index (χ2n) is 5.42. The predicted molar refractivity (Wildman–Crippen MR) is 84.6 cm³/mol. The normalized spacial score (nSPS) is 16.1. The van der Waals surface area contributed by atoms with Crippen LogP contribution in [0.4, 0.5) is 0 Å². The molecule has 114 valence electrons. The quantitative estimate of drug-likeness (QED) is 0.615. The van der Waals surface area contributed by atoms with Crippen LogP contribution in [0.3, 0.4) is 0 Å². The van der Waals surface area contributed by atoms with Crippen LogP contribution in [0.2, 0.25) is 0 Å². The molecule has 1 amide bonds. The van der Waals surface area contributed by atoms with Crippen LogP contribution in [0.5, 0.6) is 0 Å². The summed E-state index contributed by atoms with van der Waals surface area (Å²) in [6, 6.07) is 7.93. The van der Waals surface area contributed by atoms with E-state index in [1.807, 2.05) is 29.2 Å². The molecule has 0 unspecified atom stereocenters. The highest BCUT2D eigenvalue weighted by atomic mass is 16.6. The van der Waals surface area contributed by atoms with Crippen molar-refractivity contribution in [1.82, 2.24) is 4.90 Å².